The first-order chi connectivity index (χ1) is 9.69. The van der Waals surface area contributed by atoms with Crippen LogP contribution in [0.2, 0.25) is 0 Å². The number of hydrogen-bond donors (Lipinski definition) is 0. The van der Waals surface area contributed by atoms with Gasteiger partial charge in [0.15, 0.2) is 5.78 Å². The first kappa shape index (κ1) is 14.5. The maximum absolute atomic E-state index is 12.1. The molecule has 0 bridgehead atoms. The van der Waals surface area contributed by atoms with Crippen molar-refractivity contribution in [3.63, 3.8) is 0 Å². The number of thioether (sulfide) groups is 1. The molecule has 2 rings (SSSR count). The summed E-state index contributed by atoms with van der Waals surface area (Å²) >= 11 is 1.42. The van der Waals surface area contributed by atoms with Crippen LogP contribution in [0.1, 0.15) is 23.0 Å². The Morgan fingerprint density at radius 3 is 2.65 bits per heavy atom. The molecule has 0 fully saturated rings. The van der Waals surface area contributed by atoms with E-state index in [1.54, 1.807) is 12.1 Å². The number of ether oxygens (including phenoxy) is 1. The zero-order chi connectivity index (χ0) is 14.4. The highest BCUT2D eigenvalue weighted by Gasteiger charge is 2.07. The summed E-state index contributed by atoms with van der Waals surface area (Å²) < 4.78 is 5.35. The Balaban J connectivity index is 1.94. The van der Waals surface area contributed by atoms with Crippen LogP contribution in [0.15, 0.2) is 41.7 Å². The third kappa shape index (κ3) is 4.06. The highest BCUT2D eigenvalue weighted by Crippen LogP contribution is 2.18. The fourth-order valence-electron chi connectivity index (χ4n) is 1.64. The molecule has 2 aromatic rings. The molecular weight excluding hydrogens is 272 g/mol. The lowest BCUT2D eigenvalue weighted by atomic mass is 10.1. The van der Waals surface area contributed by atoms with E-state index in [9.17, 15) is 4.79 Å². The molecule has 0 spiro atoms. The lowest BCUT2D eigenvalue weighted by molar-refractivity contribution is 0.102. The minimum absolute atomic E-state index is 0.0781. The van der Waals surface area contributed by atoms with E-state index >= 15 is 0 Å². The number of aromatic nitrogens is 2. The molecule has 20 heavy (non-hydrogen) atoms. The predicted octanol–water partition coefficient (Wildman–Crippen LogP) is 3.16. The van der Waals surface area contributed by atoms with Gasteiger partial charge >= 0.3 is 0 Å². The maximum Gasteiger partial charge on any atom is 0.173 e. The average Bonchev–Trinajstić information content (AvgIpc) is 2.46. The molecule has 104 valence electrons. The lowest BCUT2D eigenvalue weighted by Crippen LogP contribution is -2.03. The number of Topliss-reactive ketones (excluding diaryl/α,β-unsaturated/α-hetero) is 1. The van der Waals surface area contributed by atoms with Gasteiger partial charge in [0.1, 0.15) is 17.1 Å². The van der Waals surface area contributed by atoms with Crippen molar-refractivity contribution in [3.05, 3.63) is 47.9 Å². The molecule has 0 N–H and O–H groups in total. The van der Waals surface area contributed by atoms with Crippen molar-refractivity contribution in [1.29, 1.82) is 0 Å². The third-order valence-corrected chi connectivity index (χ3v) is 3.54. The minimum Gasteiger partial charge on any atom is -0.494 e. The van der Waals surface area contributed by atoms with Crippen LogP contribution in [0, 0.1) is 6.92 Å². The number of aryl methyl sites for hydroxylation is 1. The molecule has 0 aliphatic rings. The van der Waals surface area contributed by atoms with Gasteiger partial charge in [-0.05, 0) is 44.2 Å². The van der Waals surface area contributed by atoms with Crippen LogP contribution in [0.3, 0.4) is 0 Å². The summed E-state index contributed by atoms with van der Waals surface area (Å²) in [7, 11) is 0. The summed E-state index contributed by atoms with van der Waals surface area (Å²) in [6, 6.07) is 9.08. The van der Waals surface area contributed by atoms with Crippen LogP contribution in [-0.2, 0) is 0 Å². The van der Waals surface area contributed by atoms with E-state index in [1.807, 2.05) is 32.0 Å². The molecule has 0 atom stereocenters. The largest absolute Gasteiger partial charge is 0.494 e. The van der Waals surface area contributed by atoms with Crippen molar-refractivity contribution in [2.75, 3.05) is 12.4 Å². The Kier molecular flexibility index (Phi) is 5.12. The molecular formula is C15H16N2O2S. The van der Waals surface area contributed by atoms with E-state index in [4.69, 9.17) is 4.74 Å². The molecule has 0 radical (unpaired) electrons. The Morgan fingerprint density at radius 2 is 2.00 bits per heavy atom. The third-order valence-electron chi connectivity index (χ3n) is 2.62. The molecule has 1 aromatic heterocycles. The summed E-state index contributed by atoms with van der Waals surface area (Å²) in [5.74, 6) is 1.22. The monoisotopic (exact) mass is 288 g/mol. The Bertz CT molecular complexity index is 585. The summed E-state index contributed by atoms with van der Waals surface area (Å²) in [5, 5.41) is 0.816. The zero-order valence-corrected chi connectivity index (χ0v) is 12.3. The van der Waals surface area contributed by atoms with Crippen molar-refractivity contribution in [2.45, 2.75) is 18.9 Å². The van der Waals surface area contributed by atoms with Gasteiger partial charge < -0.3 is 4.74 Å². The van der Waals surface area contributed by atoms with Crippen molar-refractivity contribution >= 4 is 17.5 Å². The van der Waals surface area contributed by atoms with Gasteiger partial charge in [-0.2, -0.15) is 0 Å². The first-order valence-electron chi connectivity index (χ1n) is 6.36. The number of nitrogens with zero attached hydrogens (tertiary/aromatic N) is 2. The number of ketones is 1. The topological polar surface area (TPSA) is 52.1 Å². The summed E-state index contributed by atoms with van der Waals surface area (Å²) in [4.78, 5) is 20.2. The molecule has 4 nitrogen and oxygen atoms in total. The Morgan fingerprint density at radius 1 is 1.25 bits per heavy atom. The number of carbonyl (C=O) groups excluding carboxylic acids is 1. The second kappa shape index (κ2) is 7.05. The molecule has 0 amide bonds. The summed E-state index contributed by atoms with van der Waals surface area (Å²) in [5.41, 5.74) is 1.59. The van der Waals surface area contributed by atoms with Crippen molar-refractivity contribution in [1.82, 2.24) is 9.97 Å². The second-order valence-corrected chi connectivity index (χ2v) is 5.16. The molecule has 5 heteroatoms. The van der Waals surface area contributed by atoms with Crippen molar-refractivity contribution in [3.8, 4) is 5.75 Å². The van der Waals surface area contributed by atoms with Crippen LogP contribution in [0.25, 0.3) is 0 Å². The van der Waals surface area contributed by atoms with Gasteiger partial charge in [0.25, 0.3) is 0 Å². The molecule has 0 saturated carbocycles. The van der Waals surface area contributed by atoms with E-state index in [2.05, 4.69) is 9.97 Å². The van der Waals surface area contributed by atoms with Crippen LogP contribution in [0.4, 0.5) is 0 Å². The van der Waals surface area contributed by atoms with Crippen LogP contribution >= 0.6 is 11.8 Å². The predicted molar refractivity (Wildman–Crippen MR) is 79.4 cm³/mol. The lowest BCUT2D eigenvalue weighted by Gasteiger charge is -2.04. The van der Waals surface area contributed by atoms with Gasteiger partial charge in [-0.15, -0.1) is 0 Å². The van der Waals surface area contributed by atoms with Crippen LogP contribution in [-0.4, -0.2) is 28.1 Å². The summed E-state index contributed by atoms with van der Waals surface area (Å²) in [6.07, 6.45) is 1.51. The van der Waals surface area contributed by atoms with Gasteiger partial charge in [-0.25, -0.2) is 9.97 Å². The second-order valence-electron chi connectivity index (χ2n) is 4.17. The normalized spacial score (nSPS) is 10.3. The van der Waals surface area contributed by atoms with E-state index < -0.39 is 0 Å². The molecule has 0 aliphatic heterocycles. The molecule has 1 aromatic carbocycles. The maximum atomic E-state index is 12.1. The molecule has 0 saturated heterocycles. The van der Waals surface area contributed by atoms with Gasteiger partial charge in [-0.1, -0.05) is 11.8 Å². The first-order valence-corrected chi connectivity index (χ1v) is 7.35. The van der Waals surface area contributed by atoms with E-state index in [1.165, 1.54) is 18.1 Å². The Labute approximate surface area is 122 Å². The van der Waals surface area contributed by atoms with Gasteiger partial charge in [0.05, 0.1) is 12.4 Å². The van der Waals surface area contributed by atoms with E-state index in [-0.39, 0.29) is 5.78 Å². The quantitative estimate of drug-likeness (QED) is 0.464. The average molecular weight is 288 g/mol. The summed E-state index contributed by atoms with van der Waals surface area (Å²) in [6.45, 7) is 4.45. The van der Waals surface area contributed by atoms with E-state index in [0.717, 1.165) is 16.5 Å². The highest BCUT2D eigenvalue weighted by molar-refractivity contribution is 7.99. The molecule has 0 aliphatic carbocycles. The van der Waals surface area contributed by atoms with Crippen LogP contribution < -0.4 is 4.74 Å². The number of rotatable bonds is 6. The van der Waals surface area contributed by atoms with Crippen LogP contribution in [0.5, 0.6) is 5.75 Å². The highest BCUT2D eigenvalue weighted by atomic mass is 32.2. The molecule has 0 unspecified atom stereocenters. The van der Waals surface area contributed by atoms with Crippen molar-refractivity contribution in [2.24, 2.45) is 0 Å². The number of hydrogen-bond acceptors (Lipinski definition) is 5. The van der Waals surface area contributed by atoms with Crippen molar-refractivity contribution < 1.29 is 9.53 Å². The van der Waals surface area contributed by atoms with E-state index in [0.29, 0.717) is 17.9 Å². The van der Waals surface area contributed by atoms with Gasteiger partial charge in [0, 0.05) is 11.3 Å². The number of carbonyl (C=O) groups is 1. The van der Waals surface area contributed by atoms with Gasteiger partial charge in [0.2, 0.25) is 0 Å². The standard InChI is InChI=1S/C15H16N2O2S/c1-3-19-13-6-4-12(5-7-13)14(18)9-20-15-8-11(2)16-10-17-15/h4-8,10H,3,9H2,1-2H3. The van der Waals surface area contributed by atoms with Gasteiger partial charge in [-0.3, -0.25) is 4.79 Å². The zero-order valence-electron chi connectivity index (χ0n) is 11.5. The SMILES string of the molecule is CCOc1ccc(C(=O)CSc2cc(C)ncn2)cc1. The fourth-order valence-corrected chi connectivity index (χ4v) is 2.46. The smallest absolute Gasteiger partial charge is 0.173 e. The fraction of sp³-hybridized carbons (Fsp3) is 0.267. The number of benzene rings is 1. The Hall–Kier alpha value is -1.88. The minimum atomic E-state index is 0.0781. The molecule has 1 heterocycles.